The van der Waals surface area contributed by atoms with Gasteiger partial charge in [0, 0.05) is 45.1 Å². The van der Waals surface area contributed by atoms with Crippen molar-refractivity contribution in [2.24, 2.45) is 23.2 Å². The zero-order valence-corrected chi connectivity index (χ0v) is 19.9. The number of hydrogen-bond acceptors (Lipinski definition) is 3. The minimum atomic E-state index is -0.0858. The Morgan fingerprint density at radius 2 is 1.50 bits per heavy atom. The molecule has 1 aliphatic heterocycles. The molecule has 4 aliphatic carbocycles. The molecule has 7 nitrogen and oxygen atoms in total. The molecule has 0 radical (unpaired) electrons. The van der Waals surface area contributed by atoms with E-state index in [9.17, 15) is 9.59 Å². The standard InChI is InChI=1S/C27H35N5O2/c33-25(27-15-20-12-21(16-27)14-22(13-20)17-27)30-8-10-31(11-9-30)26(34)28-18-23-4-1-2-5-24(23)19-32-7-3-6-29-32/h1-7,20-22H,8-19H2,(H,28,34). The summed E-state index contributed by atoms with van der Waals surface area (Å²) in [5.41, 5.74) is 2.16. The van der Waals surface area contributed by atoms with Crippen molar-refractivity contribution in [2.45, 2.75) is 51.6 Å². The van der Waals surface area contributed by atoms with E-state index in [-0.39, 0.29) is 11.4 Å². The third kappa shape index (κ3) is 4.10. The van der Waals surface area contributed by atoms with Crippen molar-refractivity contribution in [3.8, 4) is 0 Å². The third-order valence-electron chi connectivity index (χ3n) is 8.79. The average Bonchev–Trinajstić information content (AvgIpc) is 3.35. The molecule has 5 aliphatic rings. The smallest absolute Gasteiger partial charge is 0.317 e. The Morgan fingerprint density at radius 3 is 2.12 bits per heavy atom. The molecule has 5 fully saturated rings. The Kier molecular flexibility index (Phi) is 5.58. The normalized spacial score (nSPS) is 29.9. The van der Waals surface area contributed by atoms with Gasteiger partial charge in [0.1, 0.15) is 0 Å². The molecule has 1 aromatic carbocycles. The lowest BCUT2D eigenvalue weighted by Gasteiger charge is -2.57. The number of carbonyl (C=O) groups excluding carboxylic acids is 2. The number of amides is 3. The number of urea groups is 1. The maximum Gasteiger partial charge on any atom is 0.317 e. The summed E-state index contributed by atoms with van der Waals surface area (Å²) >= 11 is 0. The van der Waals surface area contributed by atoms with Gasteiger partial charge in [-0.2, -0.15) is 5.10 Å². The Labute approximate surface area is 201 Å². The van der Waals surface area contributed by atoms with Crippen molar-refractivity contribution in [3.05, 3.63) is 53.9 Å². The van der Waals surface area contributed by atoms with E-state index in [2.05, 4.69) is 27.4 Å². The topological polar surface area (TPSA) is 70.5 Å². The maximum atomic E-state index is 13.6. The Bertz CT molecular complexity index is 1010. The molecular weight excluding hydrogens is 426 g/mol. The molecule has 1 saturated heterocycles. The highest BCUT2D eigenvalue weighted by molar-refractivity contribution is 5.84. The van der Waals surface area contributed by atoms with Crippen molar-refractivity contribution in [1.29, 1.82) is 0 Å². The molecule has 1 aromatic heterocycles. The first kappa shape index (κ1) is 21.7. The molecule has 34 heavy (non-hydrogen) atoms. The summed E-state index contributed by atoms with van der Waals surface area (Å²) in [6.07, 6.45) is 11.1. The van der Waals surface area contributed by atoms with Crippen LogP contribution in [0.3, 0.4) is 0 Å². The van der Waals surface area contributed by atoms with Gasteiger partial charge < -0.3 is 15.1 Å². The molecule has 1 N–H and O–H groups in total. The fourth-order valence-corrected chi connectivity index (χ4v) is 7.56. The summed E-state index contributed by atoms with van der Waals surface area (Å²) in [7, 11) is 0. The predicted octanol–water partition coefficient (Wildman–Crippen LogP) is 3.50. The minimum Gasteiger partial charge on any atom is -0.339 e. The fourth-order valence-electron chi connectivity index (χ4n) is 7.56. The van der Waals surface area contributed by atoms with E-state index in [1.165, 1.54) is 19.3 Å². The molecular formula is C27H35N5O2. The third-order valence-corrected chi connectivity index (χ3v) is 8.79. The molecule has 4 bridgehead atoms. The molecule has 3 amide bonds. The molecule has 2 aromatic rings. The summed E-state index contributed by atoms with van der Waals surface area (Å²) in [4.78, 5) is 30.4. The van der Waals surface area contributed by atoms with Crippen LogP contribution in [0.5, 0.6) is 0 Å². The highest BCUT2D eigenvalue weighted by atomic mass is 16.2. The quantitative estimate of drug-likeness (QED) is 0.741. The van der Waals surface area contributed by atoms with Crippen LogP contribution in [0.1, 0.15) is 49.7 Å². The average molecular weight is 462 g/mol. The molecule has 2 heterocycles. The highest BCUT2D eigenvalue weighted by Gasteiger charge is 2.55. The molecule has 7 heteroatoms. The monoisotopic (exact) mass is 461 g/mol. The molecule has 7 rings (SSSR count). The zero-order chi connectivity index (χ0) is 23.1. The lowest BCUT2D eigenvalue weighted by Crippen LogP contribution is -2.59. The van der Waals surface area contributed by atoms with Crippen molar-refractivity contribution in [2.75, 3.05) is 26.2 Å². The molecule has 0 unspecified atom stereocenters. The Hall–Kier alpha value is -2.83. The van der Waals surface area contributed by atoms with Gasteiger partial charge in [0.15, 0.2) is 0 Å². The van der Waals surface area contributed by atoms with Gasteiger partial charge in [-0.15, -0.1) is 0 Å². The second-order valence-corrected chi connectivity index (χ2v) is 11.1. The first-order chi connectivity index (χ1) is 16.6. The van der Waals surface area contributed by atoms with Crippen LogP contribution < -0.4 is 5.32 Å². The number of benzene rings is 1. The van der Waals surface area contributed by atoms with E-state index >= 15 is 0 Å². The summed E-state index contributed by atoms with van der Waals surface area (Å²) < 4.78 is 1.89. The van der Waals surface area contributed by atoms with Crippen LogP contribution in [-0.4, -0.2) is 57.7 Å². The fraction of sp³-hybridized carbons (Fsp3) is 0.593. The van der Waals surface area contributed by atoms with Gasteiger partial charge in [0.2, 0.25) is 5.91 Å². The first-order valence-corrected chi connectivity index (χ1v) is 12.9. The first-order valence-electron chi connectivity index (χ1n) is 12.9. The largest absolute Gasteiger partial charge is 0.339 e. The SMILES string of the molecule is O=C(NCc1ccccc1Cn1cccn1)N1CCN(C(=O)C23CC4CC(CC(C4)C2)C3)CC1. The number of piperazine rings is 1. The van der Waals surface area contributed by atoms with Gasteiger partial charge in [0.25, 0.3) is 0 Å². The second-order valence-electron chi connectivity index (χ2n) is 11.1. The van der Waals surface area contributed by atoms with Crippen LogP contribution in [0.4, 0.5) is 4.79 Å². The van der Waals surface area contributed by atoms with Gasteiger partial charge >= 0.3 is 6.03 Å². The lowest BCUT2D eigenvalue weighted by molar-refractivity contribution is -0.159. The van der Waals surface area contributed by atoms with Gasteiger partial charge in [-0.1, -0.05) is 24.3 Å². The molecule has 180 valence electrons. The van der Waals surface area contributed by atoms with Crippen LogP contribution in [0.2, 0.25) is 0 Å². The van der Waals surface area contributed by atoms with E-state index in [1.54, 1.807) is 6.20 Å². The summed E-state index contributed by atoms with van der Waals surface area (Å²) in [6.45, 7) is 3.71. The number of carbonyl (C=O) groups is 2. The Morgan fingerprint density at radius 1 is 0.882 bits per heavy atom. The van der Waals surface area contributed by atoms with Gasteiger partial charge in [-0.3, -0.25) is 9.48 Å². The van der Waals surface area contributed by atoms with Crippen molar-refractivity contribution in [1.82, 2.24) is 24.9 Å². The van der Waals surface area contributed by atoms with E-state index < -0.39 is 0 Å². The van der Waals surface area contributed by atoms with Crippen LogP contribution in [0.15, 0.2) is 42.7 Å². The van der Waals surface area contributed by atoms with Gasteiger partial charge in [0.05, 0.1) is 12.0 Å². The van der Waals surface area contributed by atoms with E-state index in [4.69, 9.17) is 0 Å². The second kappa shape index (κ2) is 8.75. The van der Waals surface area contributed by atoms with E-state index in [1.807, 2.05) is 34.0 Å². The van der Waals surface area contributed by atoms with E-state index in [0.29, 0.717) is 45.2 Å². The number of nitrogens with one attached hydrogen (secondary N) is 1. The Balaban J connectivity index is 1.02. The van der Waals surface area contributed by atoms with Crippen LogP contribution in [0, 0.1) is 23.2 Å². The lowest BCUT2D eigenvalue weighted by atomic mass is 9.49. The van der Waals surface area contributed by atoms with Crippen LogP contribution in [0.25, 0.3) is 0 Å². The van der Waals surface area contributed by atoms with Crippen molar-refractivity contribution >= 4 is 11.9 Å². The number of hydrogen-bond donors (Lipinski definition) is 1. The number of nitrogens with zero attached hydrogens (tertiary/aromatic N) is 4. The minimum absolute atomic E-state index is 0.0456. The van der Waals surface area contributed by atoms with Crippen molar-refractivity contribution in [3.63, 3.8) is 0 Å². The molecule has 0 atom stereocenters. The molecule has 4 saturated carbocycles. The summed E-state index contributed by atoms with van der Waals surface area (Å²) in [5, 5.41) is 7.39. The number of aromatic nitrogens is 2. The van der Waals surface area contributed by atoms with Crippen molar-refractivity contribution < 1.29 is 9.59 Å². The molecule has 0 spiro atoms. The van der Waals surface area contributed by atoms with Crippen LogP contribution >= 0.6 is 0 Å². The summed E-state index contributed by atoms with van der Waals surface area (Å²) in [5.74, 6) is 2.72. The summed E-state index contributed by atoms with van der Waals surface area (Å²) in [6, 6.07) is 10.0. The zero-order valence-electron chi connectivity index (χ0n) is 19.9. The van der Waals surface area contributed by atoms with Crippen LogP contribution in [-0.2, 0) is 17.9 Å². The highest BCUT2D eigenvalue weighted by Crippen LogP contribution is 2.60. The van der Waals surface area contributed by atoms with Gasteiger partial charge in [-0.05, 0) is 73.5 Å². The maximum absolute atomic E-state index is 13.6. The predicted molar refractivity (Wildman–Crippen MR) is 129 cm³/mol. The van der Waals surface area contributed by atoms with E-state index in [0.717, 1.165) is 48.1 Å². The number of rotatable bonds is 5. The van der Waals surface area contributed by atoms with Gasteiger partial charge in [-0.25, -0.2) is 4.79 Å².